The van der Waals surface area contributed by atoms with Crippen molar-refractivity contribution in [2.24, 2.45) is 0 Å². The number of carbonyl (C=O) groups is 2. The Balaban J connectivity index is 1.85. The predicted octanol–water partition coefficient (Wildman–Crippen LogP) is 9.54. The average molecular weight is 743 g/mol. The molecule has 0 saturated heterocycles. The summed E-state index contributed by atoms with van der Waals surface area (Å²) in [7, 11) is 0. The molecule has 0 aliphatic heterocycles. The second-order valence-electron chi connectivity index (χ2n) is 11.8. The number of unbranched alkanes of at least 4 members (excludes halogenated alkanes) is 2. The first kappa shape index (κ1) is 39.1. The van der Waals surface area contributed by atoms with Gasteiger partial charge in [0, 0.05) is 30.7 Å². The fourth-order valence-corrected chi connectivity index (χ4v) is 5.58. The SMILES string of the molecule is Cc1ccc(C(=O)N[C@@](Cc2ccc(CCCCCC(=O)O)cc2)(c2cc(F)cc(OC(F)(F)C(F)F)c2)c2ccc(Cl)cn2)cc1C(F)(F)F. The number of hydrogen-bond donors (Lipinski definition) is 2. The lowest BCUT2D eigenvalue weighted by molar-refractivity contribution is -0.253. The van der Waals surface area contributed by atoms with E-state index in [1.165, 1.54) is 25.3 Å². The molecule has 0 saturated carbocycles. The van der Waals surface area contributed by atoms with Crippen molar-refractivity contribution in [3.63, 3.8) is 0 Å². The van der Waals surface area contributed by atoms with Gasteiger partial charge in [0.05, 0.1) is 16.3 Å². The molecule has 3 aromatic carbocycles. The molecule has 6 nitrogen and oxygen atoms in total. The van der Waals surface area contributed by atoms with Crippen molar-refractivity contribution in [2.75, 3.05) is 0 Å². The van der Waals surface area contributed by atoms with Crippen LogP contribution in [0.2, 0.25) is 5.02 Å². The third-order valence-corrected chi connectivity index (χ3v) is 8.24. The Hall–Kier alpha value is -4.72. The van der Waals surface area contributed by atoms with Crippen molar-refractivity contribution in [2.45, 2.75) is 69.7 Å². The molecular weight excluding hydrogens is 712 g/mol. The molecule has 0 bridgehead atoms. The highest BCUT2D eigenvalue weighted by molar-refractivity contribution is 6.30. The fourth-order valence-electron chi connectivity index (χ4n) is 5.47. The first-order chi connectivity index (χ1) is 23.9. The molecule has 0 radical (unpaired) electrons. The van der Waals surface area contributed by atoms with Crippen molar-refractivity contribution >= 4 is 23.5 Å². The van der Waals surface area contributed by atoms with Gasteiger partial charge >= 0.3 is 24.7 Å². The van der Waals surface area contributed by atoms with Gasteiger partial charge in [-0.15, -0.1) is 0 Å². The maximum Gasteiger partial charge on any atom is 0.461 e. The number of aliphatic carboxylic acids is 1. The van der Waals surface area contributed by atoms with E-state index in [0.29, 0.717) is 43.4 Å². The van der Waals surface area contributed by atoms with E-state index in [0.717, 1.165) is 29.8 Å². The number of carboxylic acid groups (broad SMARTS) is 1. The third-order valence-electron chi connectivity index (χ3n) is 8.02. The van der Waals surface area contributed by atoms with E-state index in [2.05, 4.69) is 15.0 Å². The van der Waals surface area contributed by atoms with Gasteiger partial charge in [-0.05, 0) is 84.8 Å². The number of aromatic nitrogens is 1. The van der Waals surface area contributed by atoms with E-state index < -0.39 is 58.8 Å². The summed E-state index contributed by atoms with van der Waals surface area (Å²) in [6.45, 7) is 1.20. The van der Waals surface area contributed by atoms with Crippen LogP contribution in [0.1, 0.15) is 69.6 Å². The van der Waals surface area contributed by atoms with Crippen LogP contribution in [0.3, 0.4) is 0 Å². The second kappa shape index (κ2) is 16.1. The summed E-state index contributed by atoms with van der Waals surface area (Å²) in [6.07, 6.45) is -10.8. The van der Waals surface area contributed by atoms with Crippen molar-refractivity contribution in [3.8, 4) is 5.75 Å². The predicted molar refractivity (Wildman–Crippen MR) is 172 cm³/mol. The van der Waals surface area contributed by atoms with Crippen LogP contribution in [0.4, 0.5) is 35.1 Å². The highest BCUT2D eigenvalue weighted by atomic mass is 35.5. The van der Waals surface area contributed by atoms with E-state index in [4.69, 9.17) is 16.7 Å². The van der Waals surface area contributed by atoms with Gasteiger partial charge in [-0.1, -0.05) is 48.4 Å². The van der Waals surface area contributed by atoms with Crippen molar-refractivity contribution in [3.05, 3.63) is 129 Å². The summed E-state index contributed by atoms with van der Waals surface area (Å²) in [6, 6.07) is 14.4. The molecule has 4 rings (SSSR count). The minimum absolute atomic E-state index is 0.0399. The maximum absolute atomic E-state index is 15.2. The molecule has 0 unspecified atom stereocenters. The monoisotopic (exact) mass is 742 g/mol. The Kier molecular flexibility index (Phi) is 12.3. The van der Waals surface area contributed by atoms with E-state index in [1.807, 2.05) is 0 Å². The quantitative estimate of drug-likeness (QED) is 0.0936. The summed E-state index contributed by atoms with van der Waals surface area (Å²) in [5.74, 6) is -4.25. The number of nitrogens with one attached hydrogen (secondary N) is 1. The molecule has 4 aromatic rings. The lowest BCUT2D eigenvalue weighted by Crippen LogP contribution is -2.49. The van der Waals surface area contributed by atoms with Crippen LogP contribution in [0.25, 0.3) is 0 Å². The smallest absolute Gasteiger partial charge is 0.461 e. The molecule has 0 fully saturated rings. The topological polar surface area (TPSA) is 88.5 Å². The van der Waals surface area contributed by atoms with Gasteiger partial charge in [-0.2, -0.15) is 30.7 Å². The molecule has 1 atom stereocenters. The minimum atomic E-state index is -5.03. The highest BCUT2D eigenvalue weighted by Crippen LogP contribution is 2.38. The van der Waals surface area contributed by atoms with Crippen LogP contribution in [0.15, 0.2) is 79.0 Å². The molecule has 272 valence electrons. The number of carbonyl (C=O) groups excluding carboxylic acids is 1. The van der Waals surface area contributed by atoms with Crippen molar-refractivity contribution < 1.29 is 54.6 Å². The van der Waals surface area contributed by atoms with E-state index in [-0.39, 0.29) is 34.7 Å². The van der Waals surface area contributed by atoms with Crippen LogP contribution >= 0.6 is 11.6 Å². The van der Waals surface area contributed by atoms with Crippen LogP contribution in [-0.4, -0.2) is 34.5 Å². The zero-order valence-corrected chi connectivity index (χ0v) is 27.6. The highest BCUT2D eigenvalue weighted by Gasteiger charge is 2.45. The van der Waals surface area contributed by atoms with Crippen LogP contribution < -0.4 is 10.1 Å². The molecule has 0 spiro atoms. The number of carboxylic acids is 1. The summed E-state index contributed by atoms with van der Waals surface area (Å²) < 4.78 is 115. The number of amides is 1. The largest absolute Gasteiger partial charge is 0.481 e. The van der Waals surface area contributed by atoms with Gasteiger partial charge < -0.3 is 15.2 Å². The number of aryl methyl sites for hydroxylation is 2. The standard InChI is InChI=1S/C36H31ClF8N2O4/c1-21-7-12-24(15-29(21)35(41,42)43)32(50)47-34(30-14-13-26(37)20-46-30,25-16-27(38)18-28(17-25)51-36(44,45)33(39)40)19-23-10-8-22(9-11-23)5-3-2-4-6-31(48)49/h7-18,20,33H,2-6,19H2,1H3,(H,47,50)(H,48,49)/t34-/m0/s1. The number of halogens is 9. The molecule has 0 aliphatic rings. The zero-order chi connectivity index (χ0) is 37.6. The molecule has 15 heteroatoms. The van der Waals surface area contributed by atoms with Crippen LogP contribution in [-0.2, 0) is 29.4 Å². The van der Waals surface area contributed by atoms with E-state index >= 15 is 4.39 Å². The van der Waals surface area contributed by atoms with Crippen molar-refractivity contribution in [1.29, 1.82) is 0 Å². The number of rotatable bonds is 15. The van der Waals surface area contributed by atoms with E-state index in [1.54, 1.807) is 24.3 Å². The number of hydrogen-bond acceptors (Lipinski definition) is 4. The maximum atomic E-state index is 15.2. The molecule has 1 aromatic heterocycles. The lowest BCUT2D eigenvalue weighted by atomic mass is 9.79. The van der Waals surface area contributed by atoms with Gasteiger partial charge in [-0.25, -0.2) is 4.39 Å². The van der Waals surface area contributed by atoms with Gasteiger partial charge in [-0.3, -0.25) is 14.6 Å². The van der Waals surface area contributed by atoms with Gasteiger partial charge in [0.25, 0.3) is 5.91 Å². The molecule has 1 heterocycles. The first-order valence-corrected chi connectivity index (χ1v) is 15.9. The van der Waals surface area contributed by atoms with Crippen LogP contribution in [0.5, 0.6) is 5.75 Å². The minimum Gasteiger partial charge on any atom is -0.481 e. The van der Waals surface area contributed by atoms with Gasteiger partial charge in [0.2, 0.25) is 0 Å². The summed E-state index contributed by atoms with van der Waals surface area (Å²) in [4.78, 5) is 29.0. The Labute approximate surface area is 292 Å². The number of alkyl halides is 7. The Morgan fingerprint density at radius 2 is 1.59 bits per heavy atom. The first-order valence-electron chi connectivity index (χ1n) is 15.5. The molecule has 2 N–H and O–H groups in total. The Morgan fingerprint density at radius 3 is 2.20 bits per heavy atom. The second-order valence-corrected chi connectivity index (χ2v) is 12.3. The number of nitrogens with zero attached hydrogens (tertiary/aromatic N) is 1. The normalized spacial score (nSPS) is 13.2. The van der Waals surface area contributed by atoms with E-state index in [9.17, 15) is 40.3 Å². The summed E-state index contributed by atoms with van der Waals surface area (Å²) in [5.41, 5.74) is -2.85. The third kappa shape index (κ3) is 10.2. The molecular formula is C36H31ClF8N2O4. The number of benzene rings is 3. The number of pyridine rings is 1. The summed E-state index contributed by atoms with van der Waals surface area (Å²) in [5, 5.41) is 11.6. The molecule has 0 aliphatic carbocycles. The Bertz CT molecular complexity index is 1840. The average Bonchev–Trinajstić information content (AvgIpc) is 3.04. The van der Waals surface area contributed by atoms with Crippen molar-refractivity contribution in [1.82, 2.24) is 10.3 Å². The fraction of sp³-hybridized carbons (Fsp3) is 0.306. The summed E-state index contributed by atoms with van der Waals surface area (Å²) >= 11 is 6.07. The number of ether oxygens (including phenoxy) is 1. The zero-order valence-electron chi connectivity index (χ0n) is 26.8. The van der Waals surface area contributed by atoms with Gasteiger partial charge in [0.1, 0.15) is 17.1 Å². The Morgan fingerprint density at radius 1 is 0.902 bits per heavy atom. The lowest BCUT2D eigenvalue weighted by Gasteiger charge is -2.36. The van der Waals surface area contributed by atoms with Gasteiger partial charge in [0.15, 0.2) is 0 Å². The molecule has 51 heavy (non-hydrogen) atoms. The van der Waals surface area contributed by atoms with Crippen LogP contribution in [0, 0.1) is 12.7 Å². The molecule has 1 amide bonds.